The number of urea groups is 1. The van der Waals surface area contributed by atoms with Gasteiger partial charge in [0.1, 0.15) is 5.58 Å². The molecule has 3 aliphatic carbocycles. The zero-order valence-electron chi connectivity index (χ0n) is 22.6. The van der Waals surface area contributed by atoms with Crippen LogP contribution in [0.3, 0.4) is 0 Å². The Kier molecular flexibility index (Phi) is 6.34. The first-order chi connectivity index (χ1) is 18.2. The van der Waals surface area contributed by atoms with E-state index in [2.05, 4.69) is 38.0 Å². The largest absolute Gasteiger partial charge is 0.482 e. The highest BCUT2D eigenvalue weighted by atomic mass is 16.7. The van der Waals surface area contributed by atoms with Crippen LogP contribution >= 0.6 is 0 Å². The molecule has 6 atom stereocenters. The first-order valence-corrected chi connectivity index (χ1v) is 14.0. The molecule has 0 unspecified atom stereocenters. The van der Waals surface area contributed by atoms with Gasteiger partial charge < -0.3 is 29.3 Å². The van der Waals surface area contributed by atoms with Crippen LogP contribution < -0.4 is 10.6 Å². The number of para-hydroxylation sites is 1. The topological polar surface area (TPSA) is 93.0 Å². The van der Waals surface area contributed by atoms with Crippen molar-refractivity contribution in [1.29, 1.82) is 0 Å². The number of benzene rings is 1. The number of fused-ring (bicyclic) bond motifs is 1. The summed E-state index contributed by atoms with van der Waals surface area (Å²) in [5.74, 6) is 0.578. The Balaban J connectivity index is 1.19. The summed E-state index contributed by atoms with van der Waals surface area (Å²) in [4.78, 5) is 27.1. The molecule has 0 radical (unpaired) electrons. The minimum Gasteiger partial charge on any atom is -0.464 e. The van der Waals surface area contributed by atoms with Crippen molar-refractivity contribution in [3.8, 4) is 0 Å². The van der Waals surface area contributed by atoms with Gasteiger partial charge >= 0.3 is 13.1 Å². The van der Waals surface area contributed by atoms with E-state index in [0.29, 0.717) is 31.3 Å². The zero-order chi connectivity index (χ0) is 26.7. The number of hydrogen-bond donors (Lipinski definition) is 2. The fraction of sp³-hybridized carbons (Fsp3) is 0.586. The number of hydrogen-bond acceptors (Lipinski definition) is 5. The van der Waals surface area contributed by atoms with Crippen molar-refractivity contribution in [2.75, 3.05) is 13.1 Å². The molecule has 2 aromatic rings. The van der Waals surface area contributed by atoms with Gasteiger partial charge in [-0.1, -0.05) is 38.6 Å². The summed E-state index contributed by atoms with van der Waals surface area (Å²) in [6.45, 7) is 11.6. The third-order valence-corrected chi connectivity index (χ3v) is 9.95. The molecule has 5 fully saturated rings. The van der Waals surface area contributed by atoms with Crippen LogP contribution in [0.1, 0.15) is 52.0 Å². The molecule has 1 aromatic heterocycles. The van der Waals surface area contributed by atoms with E-state index in [-0.39, 0.29) is 35.1 Å². The van der Waals surface area contributed by atoms with Gasteiger partial charge in [0.15, 0.2) is 0 Å². The molecular weight excluding hydrogens is 481 g/mol. The molecule has 3 heterocycles. The molecule has 2 N–H and O–H groups in total. The number of nitrogens with one attached hydrogen (secondary N) is 2. The number of nitrogens with zero attached hydrogens (tertiary/aromatic N) is 1. The van der Waals surface area contributed by atoms with E-state index in [4.69, 9.17) is 13.7 Å². The maximum Gasteiger partial charge on any atom is 0.482 e. The Hall–Kier alpha value is -2.78. The number of furan rings is 1. The summed E-state index contributed by atoms with van der Waals surface area (Å²) in [5.41, 5.74) is 1.69. The predicted molar refractivity (Wildman–Crippen MR) is 145 cm³/mol. The standard InChI is InChI=1S/C29H38BN3O5/c1-5-26(34)33-12-8-9-20(33)16-31-27(35)32-25(13-18-17-36-22-11-7-6-10-21(18)22)30-37-24-15-19-14-23(28(19,2)3)29(24,4)38-30/h5-7,10-11,17,19-20,23-25H,1,8-9,12-16H2,2-4H3,(H2,31,32,35)/t19-,20+,23-,24+,25-,29-/m0/s1. The van der Waals surface area contributed by atoms with Crippen molar-refractivity contribution < 1.29 is 23.3 Å². The van der Waals surface area contributed by atoms with Gasteiger partial charge in [0.05, 0.1) is 23.9 Å². The summed E-state index contributed by atoms with van der Waals surface area (Å²) in [5, 5.41) is 7.17. The second-order valence-electron chi connectivity index (χ2n) is 12.3. The van der Waals surface area contributed by atoms with E-state index in [1.807, 2.05) is 24.3 Å². The molecule has 38 heavy (non-hydrogen) atoms. The number of carbonyl (C=O) groups excluding carboxylic acids is 2. The van der Waals surface area contributed by atoms with Gasteiger partial charge in [-0.15, -0.1) is 0 Å². The lowest BCUT2D eigenvalue weighted by molar-refractivity contribution is -0.199. The van der Waals surface area contributed by atoms with Crippen molar-refractivity contribution in [3.63, 3.8) is 0 Å². The highest BCUT2D eigenvalue weighted by Crippen LogP contribution is 2.65. The van der Waals surface area contributed by atoms with Gasteiger partial charge in [-0.3, -0.25) is 4.79 Å². The summed E-state index contributed by atoms with van der Waals surface area (Å²) < 4.78 is 19.1. The van der Waals surface area contributed by atoms with Crippen LogP contribution in [0.5, 0.6) is 0 Å². The van der Waals surface area contributed by atoms with E-state index in [0.717, 1.165) is 35.8 Å². The molecule has 1 aromatic carbocycles. The lowest BCUT2D eigenvalue weighted by Crippen LogP contribution is -2.65. The quantitative estimate of drug-likeness (QED) is 0.425. The maximum absolute atomic E-state index is 13.2. The summed E-state index contributed by atoms with van der Waals surface area (Å²) in [6, 6.07) is 7.59. The Labute approximate surface area is 224 Å². The molecule has 202 valence electrons. The monoisotopic (exact) mass is 519 g/mol. The smallest absolute Gasteiger partial charge is 0.464 e. The predicted octanol–water partition coefficient (Wildman–Crippen LogP) is 4.09. The van der Waals surface area contributed by atoms with Gasteiger partial charge in [0, 0.05) is 24.5 Å². The molecule has 3 amide bonds. The van der Waals surface area contributed by atoms with Gasteiger partial charge in [-0.05, 0) is 74.0 Å². The Morgan fingerprint density at radius 3 is 2.87 bits per heavy atom. The molecule has 3 saturated carbocycles. The Bertz CT molecular complexity index is 1250. The average Bonchev–Trinajstić information content (AvgIpc) is 3.62. The molecule has 2 aliphatic heterocycles. The molecule has 0 spiro atoms. The van der Waals surface area contributed by atoms with Crippen LogP contribution in [0.2, 0.25) is 0 Å². The van der Waals surface area contributed by atoms with Crippen molar-refractivity contribution in [3.05, 3.63) is 48.7 Å². The number of amides is 3. The van der Waals surface area contributed by atoms with E-state index >= 15 is 0 Å². The van der Waals surface area contributed by atoms with E-state index in [1.165, 1.54) is 12.5 Å². The third-order valence-electron chi connectivity index (χ3n) is 9.95. The van der Waals surface area contributed by atoms with Gasteiger partial charge in [0.2, 0.25) is 5.91 Å². The van der Waals surface area contributed by atoms with Crippen LogP contribution in [0.4, 0.5) is 4.79 Å². The van der Waals surface area contributed by atoms with Crippen LogP contribution in [0.15, 0.2) is 47.6 Å². The van der Waals surface area contributed by atoms with Gasteiger partial charge in [-0.25, -0.2) is 4.79 Å². The highest BCUT2D eigenvalue weighted by molar-refractivity contribution is 6.48. The van der Waals surface area contributed by atoms with Crippen LogP contribution in [0.25, 0.3) is 11.0 Å². The van der Waals surface area contributed by atoms with Gasteiger partial charge in [0.25, 0.3) is 0 Å². The second-order valence-corrected chi connectivity index (χ2v) is 12.3. The number of rotatable bonds is 7. The number of likely N-dealkylation sites (tertiary alicyclic amines) is 1. The Morgan fingerprint density at radius 2 is 2.08 bits per heavy atom. The molecule has 2 bridgehead atoms. The molecule has 5 aliphatic rings. The minimum atomic E-state index is -0.565. The fourth-order valence-corrected chi connectivity index (χ4v) is 7.60. The van der Waals surface area contributed by atoms with E-state index < -0.39 is 13.1 Å². The molecule has 9 heteroatoms. The lowest BCUT2D eigenvalue weighted by Gasteiger charge is -2.64. The minimum absolute atomic E-state index is 0.0229. The first kappa shape index (κ1) is 25.5. The van der Waals surface area contributed by atoms with E-state index in [9.17, 15) is 9.59 Å². The average molecular weight is 519 g/mol. The number of carbonyl (C=O) groups is 2. The molecule has 2 saturated heterocycles. The van der Waals surface area contributed by atoms with Gasteiger partial charge in [-0.2, -0.15) is 0 Å². The van der Waals surface area contributed by atoms with Crippen molar-refractivity contribution >= 4 is 30.0 Å². The third kappa shape index (κ3) is 4.15. The van der Waals surface area contributed by atoms with Crippen molar-refractivity contribution in [1.82, 2.24) is 15.5 Å². The van der Waals surface area contributed by atoms with E-state index in [1.54, 1.807) is 11.2 Å². The van der Waals surface area contributed by atoms with Crippen LogP contribution in [0, 0.1) is 17.3 Å². The maximum atomic E-state index is 13.2. The SMILES string of the molecule is C=CC(=O)N1CCC[C@@H]1CNC(=O)N[C@@H](Cc1coc2ccccc12)B1O[C@@H]2C[C@@H]3C[C@@H](C3(C)C)[C@]2(C)O1. The summed E-state index contributed by atoms with van der Waals surface area (Å²) >= 11 is 0. The normalized spacial score (nSPS) is 32.0. The van der Waals surface area contributed by atoms with Crippen LogP contribution in [-0.2, 0) is 20.5 Å². The summed E-state index contributed by atoms with van der Waals surface area (Å²) in [7, 11) is -0.565. The Morgan fingerprint density at radius 1 is 1.26 bits per heavy atom. The van der Waals surface area contributed by atoms with Crippen molar-refractivity contribution in [2.24, 2.45) is 17.3 Å². The zero-order valence-corrected chi connectivity index (χ0v) is 22.6. The first-order valence-electron chi connectivity index (χ1n) is 14.0. The molecule has 7 rings (SSSR count). The second kappa shape index (κ2) is 9.45. The van der Waals surface area contributed by atoms with Crippen LogP contribution in [-0.4, -0.2) is 60.7 Å². The highest BCUT2D eigenvalue weighted by Gasteiger charge is 2.68. The lowest BCUT2D eigenvalue weighted by atomic mass is 9.43. The van der Waals surface area contributed by atoms with Crippen molar-refractivity contribution in [2.45, 2.75) is 76.6 Å². The molecule has 8 nitrogen and oxygen atoms in total. The summed E-state index contributed by atoms with van der Waals surface area (Å²) in [6.07, 6.45) is 7.57. The fourth-order valence-electron chi connectivity index (χ4n) is 7.60. The molecular formula is C29H38BN3O5.